The number of nitrogens with zero attached hydrogens (tertiary/aromatic N) is 2. The van der Waals surface area contributed by atoms with Crippen LogP contribution in [0.1, 0.15) is 18.1 Å². The predicted octanol–water partition coefficient (Wildman–Crippen LogP) is 1.48. The number of halogens is 1. The average molecular weight is 233 g/mol. The molecule has 0 aliphatic carbocycles. The first-order valence-corrected chi connectivity index (χ1v) is 5.76. The van der Waals surface area contributed by atoms with Crippen molar-refractivity contribution in [3.05, 3.63) is 35.1 Å². The Bertz CT molecular complexity index is 442. The zero-order chi connectivity index (χ0) is 12.4. The van der Waals surface area contributed by atoms with Crippen LogP contribution in [0.3, 0.4) is 0 Å². The van der Waals surface area contributed by atoms with Crippen molar-refractivity contribution < 1.29 is 4.39 Å². The quantitative estimate of drug-likeness (QED) is 0.841. The first-order chi connectivity index (χ1) is 8.10. The maximum absolute atomic E-state index is 13.7. The molecule has 0 saturated carbocycles. The number of nitrogens with two attached hydrogens (primary N) is 1. The van der Waals surface area contributed by atoms with E-state index in [0.29, 0.717) is 23.6 Å². The summed E-state index contributed by atoms with van der Waals surface area (Å²) in [5, 5.41) is 8.66. The largest absolute Gasteiger partial charge is 0.326 e. The van der Waals surface area contributed by atoms with Gasteiger partial charge in [0.15, 0.2) is 0 Å². The Hall–Kier alpha value is -1.44. The van der Waals surface area contributed by atoms with Crippen LogP contribution in [0.2, 0.25) is 0 Å². The maximum atomic E-state index is 13.7. The van der Waals surface area contributed by atoms with E-state index < -0.39 is 0 Å². The molecule has 90 valence electrons. The van der Waals surface area contributed by atoms with Gasteiger partial charge in [0.25, 0.3) is 0 Å². The monoisotopic (exact) mass is 233 g/mol. The van der Waals surface area contributed by atoms with Crippen LogP contribution in [0.5, 0.6) is 0 Å². The van der Waals surface area contributed by atoms with Gasteiger partial charge in [-0.25, -0.2) is 4.39 Å². The first kappa shape index (κ1) is 12.0. The molecule has 1 heterocycles. The minimum Gasteiger partial charge on any atom is -0.326 e. The molecule has 2 N–H and O–H groups in total. The lowest BCUT2D eigenvalue weighted by Gasteiger charge is -2.15. The normalized spacial score (nSPS) is 24.8. The van der Waals surface area contributed by atoms with Crippen LogP contribution in [-0.4, -0.2) is 24.0 Å². The molecule has 2 rings (SSSR count). The van der Waals surface area contributed by atoms with Crippen molar-refractivity contribution >= 4 is 0 Å². The van der Waals surface area contributed by atoms with E-state index in [1.54, 1.807) is 12.1 Å². The number of rotatable bonds is 2. The number of benzene rings is 1. The van der Waals surface area contributed by atoms with Crippen molar-refractivity contribution in [1.82, 2.24) is 4.90 Å². The Balaban J connectivity index is 2.07. The van der Waals surface area contributed by atoms with Crippen molar-refractivity contribution in [1.29, 1.82) is 5.26 Å². The second kappa shape index (κ2) is 4.82. The molecule has 3 nitrogen and oxygen atoms in total. The van der Waals surface area contributed by atoms with Gasteiger partial charge in [0.05, 0.1) is 11.6 Å². The Morgan fingerprint density at radius 1 is 1.53 bits per heavy atom. The number of nitriles is 1. The van der Waals surface area contributed by atoms with Gasteiger partial charge < -0.3 is 5.73 Å². The topological polar surface area (TPSA) is 53.0 Å². The van der Waals surface area contributed by atoms with Crippen LogP contribution in [0, 0.1) is 23.1 Å². The molecule has 1 aliphatic heterocycles. The van der Waals surface area contributed by atoms with Gasteiger partial charge in [-0.1, -0.05) is 13.0 Å². The second-order valence-electron chi connectivity index (χ2n) is 4.75. The highest BCUT2D eigenvalue weighted by Crippen LogP contribution is 2.19. The lowest BCUT2D eigenvalue weighted by atomic mass is 10.1. The molecule has 4 heteroatoms. The zero-order valence-electron chi connectivity index (χ0n) is 9.86. The second-order valence-corrected chi connectivity index (χ2v) is 4.75. The lowest BCUT2D eigenvalue weighted by Crippen LogP contribution is -2.28. The third-order valence-corrected chi connectivity index (χ3v) is 3.32. The van der Waals surface area contributed by atoms with E-state index in [9.17, 15) is 4.39 Å². The molecule has 2 atom stereocenters. The highest BCUT2D eigenvalue weighted by Gasteiger charge is 2.26. The molecule has 0 radical (unpaired) electrons. The molecule has 0 aromatic heterocycles. The fourth-order valence-electron chi connectivity index (χ4n) is 2.21. The van der Waals surface area contributed by atoms with Gasteiger partial charge in [-0.15, -0.1) is 0 Å². The van der Waals surface area contributed by atoms with E-state index in [0.717, 1.165) is 13.1 Å². The summed E-state index contributed by atoms with van der Waals surface area (Å²) in [6, 6.07) is 6.73. The van der Waals surface area contributed by atoms with E-state index >= 15 is 0 Å². The molecule has 17 heavy (non-hydrogen) atoms. The van der Waals surface area contributed by atoms with Gasteiger partial charge in [-0.3, -0.25) is 4.90 Å². The maximum Gasteiger partial charge on any atom is 0.129 e. The van der Waals surface area contributed by atoms with Crippen molar-refractivity contribution in [3.8, 4) is 6.07 Å². The summed E-state index contributed by atoms with van der Waals surface area (Å²) in [4.78, 5) is 2.15. The summed E-state index contributed by atoms with van der Waals surface area (Å²) in [5.41, 5.74) is 6.92. The van der Waals surface area contributed by atoms with Gasteiger partial charge >= 0.3 is 0 Å². The van der Waals surface area contributed by atoms with Crippen molar-refractivity contribution in [2.75, 3.05) is 13.1 Å². The van der Waals surface area contributed by atoms with Crippen LogP contribution in [0.4, 0.5) is 4.39 Å². The lowest BCUT2D eigenvalue weighted by molar-refractivity contribution is 0.313. The van der Waals surface area contributed by atoms with Gasteiger partial charge in [0.1, 0.15) is 5.82 Å². The fourth-order valence-corrected chi connectivity index (χ4v) is 2.21. The van der Waals surface area contributed by atoms with E-state index in [1.807, 2.05) is 6.07 Å². The van der Waals surface area contributed by atoms with Crippen molar-refractivity contribution in [2.24, 2.45) is 11.7 Å². The third kappa shape index (κ3) is 2.63. The molecular formula is C13H16FN3. The zero-order valence-corrected chi connectivity index (χ0v) is 9.86. The average Bonchev–Trinajstić information content (AvgIpc) is 2.61. The van der Waals surface area contributed by atoms with Crippen LogP contribution in [-0.2, 0) is 6.54 Å². The van der Waals surface area contributed by atoms with E-state index in [-0.39, 0.29) is 11.9 Å². The van der Waals surface area contributed by atoms with E-state index in [4.69, 9.17) is 11.0 Å². The molecule has 2 unspecified atom stereocenters. The van der Waals surface area contributed by atoms with Gasteiger partial charge in [-0.2, -0.15) is 5.26 Å². The highest BCUT2D eigenvalue weighted by molar-refractivity contribution is 5.32. The Kier molecular flexibility index (Phi) is 3.41. The molecule has 0 spiro atoms. The Morgan fingerprint density at radius 2 is 2.29 bits per heavy atom. The highest BCUT2D eigenvalue weighted by atomic mass is 19.1. The molecule has 0 amide bonds. The summed E-state index contributed by atoms with van der Waals surface area (Å²) < 4.78 is 13.7. The van der Waals surface area contributed by atoms with Crippen LogP contribution < -0.4 is 5.73 Å². The summed E-state index contributed by atoms with van der Waals surface area (Å²) in [6.45, 7) is 4.39. The SMILES string of the molecule is CC1CN(Cc2ccc(C#N)cc2F)CC1N. The summed E-state index contributed by atoms with van der Waals surface area (Å²) in [7, 11) is 0. The Labute approximate surface area is 101 Å². The van der Waals surface area contributed by atoms with Crippen LogP contribution >= 0.6 is 0 Å². The van der Waals surface area contributed by atoms with E-state index in [2.05, 4.69) is 11.8 Å². The van der Waals surface area contributed by atoms with E-state index in [1.165, 1.54) is 6.07 Å². The standard InChI is InChI=1S/C13H16FN3/c1-9-6-17(8-13(9)16)7-11-3-2-10(5-15)4-12(11)14/h2-4,9,13H,6-8,16H2,1H3. The molecular weight excluding hydrogens is 217 g/mol. The van der Waals surface area contributed by atoms with Crippen LogP contribution in [0.15, 0.2) is 18.2 Å². The third-order valence-electron chi connectivity index (χ3n) is 3.32. The number of hydrogen-bond donors (Lipinski definition) is 1. The summed E-state index contributed by atoms with van der Waals surface area (Å²) in [5.74, 6) is 0.147. The molecule has 1 aromatic carbocycles. The first-order valence-electron chi connectivity index (χ1n) is 5.76. The molecule has 1 aliphatic rings. The summed E-state index contributed by atoms with van der Waals surface area (Å²) in [6.07, 6.45) is 0. The van der Waals surface area contributed by atoms with Crippen LogP contribution in [0.25, 0.3) is 0 Å². The number of hydrogen-bond acceptors (Lipinski definition) is 3. The van der Waals surface area contributed by atoms with Gasteiger partial charge in [-0.05, 0) is 18.1 Å². The number of likely N-dealkylation sites (tertiary alicyclic amines) is 1. The minimum atomic E-state index is -0.308. The Morgan fingerprint density at radius 3 is 2.82 bits per heavy atom. The van der Waals surface area contributed by atoms with Gasteiger partial charge in [0, 0.05) is 31.2 Å². The molecule has 0 bridgehead atoms. The van der Waals surface area contributed by atoms with Crippen molar-refractivity contribution in [2.45, 2.75) is 19.5 Å². The molecule has 1 fully saturated rings. The van der Waals surface area contributed by atoms with Crippen molar-refractivity contribution in [3.63, 3.8) is 0 Å². The molecule has 1 aromatic rings. The fraction of sp³-hybridized carbons (Fsp3) is 0.462. The molecule has 1 saturated heterocycles. The minimum absolute atomic E-state index is 0.177. The smallest absolute Gasteiger partial charge is 0.129 e. The van der Waals surface area contributed by atoms with Gasteiger partial charge in [0.2, 0.25) is 0 Å². The predicted molar refractivity (Wildman–Crippen MR) is 63.5 cm³/mol. The summed E-state index contributed by atoms with van der Waals surface area (Å²) >= 11 is 0.